The molecule has 0 aromatic carbocycles. The van der Waals surface area contributed by atoms with E-state index in [2.05, 4.69) is 5.32 Å². The summed E-state index contributed by atoms with van der Waals surface area (Å²) in [6.45, 7) is 1.36. The van der Waals surface area contributed by atoms with Crippen LogP contribution in [0.25, 0.3) is 0 Å². The van der Waals surface area contributed by atoms with Crippen LogP contribution in [0.2, 0.25) is 0 Å². The van der Waals surface area contributed by atoms with Crippen LogP contribution < -0.4 is 11.1 Å². The van der Waals surface area contributed by atoms with Gasteiger partial charge < -0.3 is 16.2 Å². The summed E-state index contributed by atoms with van der Waals surface area (Å²) in [5.41, 5.74) is 4.71. The number of rotatable bonds is 4. The molecule has 0 aliphatic heterocycles. The molecule has 5 nitrogen and oxygen atoms in total. The van der Waals surface area contributed by atoms with E-state index in [1.807, 2.05) is 0 Å². The molecule has 0 heterocycles. The first-order chi connectivity index (χ1) is 5.13. The summed E-state index contributed by atoms with van der Waals surface area (Å²) in [7, 11) is 0. The minimum atomic E-state index is -1.02. The molecule has 0 atom stereocenters. The van der Waals surface area contributed by atoms with Crippen molar-refractivity contribution in [3.63, 3.8) is 0 Å². The lowest BCUT2D eigenvalue weighted by Gasteiger charge is -1.94. The Bertz CT molecular complexity index is 177. The van der Waals surface area contributed by atoms with Crippen LogP contribution in [0.3, 0.4) is 0 Å². The second kappa shape index (κ2) is 5.28. The van der Waals surface area contributed by atoms with Crippen LogP contribution in [0.4, 0.5) is 4.79 Å². The van der Waals surface area contributed by atoms with Crippen molar-refractivity contribution < 1.29 is 14.7 Å². The van der Waals surface area contributed by atoms with Crippen LogP contribution in [0, 0.1) is 6.54 Å². The van der Waals surface area contributed by atoms with Gasteiger partial charge in [0, 0.05) is 6.08 Å². The molecule has 0 saturated carbocycles. The Morgan fingerprint density at radius 1 is 1.55 bits per heavy atom. The van der Waals surface area contributed by atoms with Gasteiger partial charge in [-0.25, -0.2) is 9.59 Å². The quantitative estimate of drug-likeness (QED) is 0.391. The van der Waals surface area contributed by atoms with Gasteiger partial charge in [0.15, 0.2) is 0 Å². The maximum Gasteiger partial charge on any atom is 0.327 e. The van der Waals surface area contributed by atoms with Gasteiger partial charge in [-0.05, 0) is 6.42 Å². The van der Waals surface area contributed by atoms with E-state index in [-0.39, 0.29) is 0 Å². The molecule has 0 saturated heterocycles. The van der Waals surface area contributed by atoms with E-state index in [9.17, 15) is 9.59 Å². The van der Waals surface area contributed by atoms with Gasteiger partial charge in [0.2, 0.25) is 0 Å². The zero-order valence-corrected chi connectivity index (χ0v) is 5.78. The minimum Gasteiger partial charge on any atom is -0.478 e. The van der Waals surface area contributed by atoms with E-state index in [1.54, 1.807) is 0 Å². The monoisotopic (exact) mass is 157 g/mol. The highest BCUT2D eigenvalue weighted by Crippen LogP contribution is 1.84. The molecule has 0 aromatic heterocycles. The summed E-state index contributed by atoms with van der Waals surface area (Å²) in [5.74, 6) is -1.02. The third-order valence-corrected chi connectivity index (χ3v) is 0.759. The maximum atomic E-state index is 10.0. The number of primary amides is 1. The van der Waals surface area contributed by atoms with E-state index < -0.39 is 12.0 Å². The third kappa shape index (κ3) is 8.48. The summed E-state index contributed by atoms with van der Waals surface area (Å²) < 4.78 is 0. The molecule has 0 bridgehead atoms. The molecule has 0 aliphatic rings. The Balaban J connectivity index is 3.27. The number of carboxylic acids is 1. The van der Waals surface area contributed by atoms with E-state index in [0.29, 0.717) is 6.42 Å². The average molecular weight is 157 g/mol. The number of carbonyl (C=O) groups is 2. The molecule has 5 heteroatoms. The standard InChI is InChI=1S/C6H9N2O3/c7-6(11)8-4-2-1-3-5(9)10/h1,3-4H,2H2,(H,9,10)(H3,7,8,11). The lowest BCUT2D eigenvalue weighted by molar-refractivity contribution is -0.131. The predicted octanol–water partition coefficient (Wildman–Crippen LogP) is -0.153. The number of hydrogen-bond acceptors (Lipinski definition) is 2. The normalized spacial score (nSPS) is 9.82. The zero-order valence-electron chi connectivity index (χ0n) is 5.78. The van der Waals surface area contributed by atoms with Crippen molar-refractivity contribution in [2.75, 3.05) is 0 Å². The number of hydrogen-bond donors (Lipinski definition) is 3. The van der Waals surface area contributed by atoms with Crippen molar-refractivity contribution >= 4 is 12.0 Å². The fraction of sp³-hybridized carbons (Fsp3) is 0.167. The summed E-state index contributed by atoms with van der Waals surface area (Å²) in [6, 6.07) is -0.659. The molecule has 1 radical (unpaired) electrons. The van der Waals surface area contributed by atoms with Crippen molar-refractivity contribution in [3.8, 4) is 0 Å². The molecular formula is C6H9N2O3. The van der Waals surface area contributed by atoms with E-state index >= 15 is 0 Å². The Morgan fingerprint density at radius 3 is 2.64 bits per heavy atom. The van der Waals surface area contributed by atoms with Gasteiger partial charge in [0.25, 0.3) is 0 Å². The molecule has 0 unspecified atom stereocenters. The van der Waals surface area contributed by atoms with Gasteiger partial charge in [-0.15, -0.1) is 0 Å². The first-order valence-corrected chi connectivity index (χ1v) is 2.90. The number of amides is 2. The first-order valence-electron chi connectivity index (χ1n) is 2.90. The number of nitrogens with one attached hydrogen (secondary N) is 1. The lowest BCUT2D eigenvalue weighted by Crippen LogP contribution is -2.26. The summed E-state index contributed by atoms with van der Waals surface area (Å²) in [6.07, 6.45) is 2.71. The highest BCUT2D eigenvalue weighted by Gasteiger charge is 1.89. The number of urea groups is 1. The van der Waals surface area contributed by atoms with E-state index in [1.165, 1.54) is 12.6 Å². The molecule has 11 heavy (non-hydrogen) atoms. The molecule has 4 N–H and O–H groups in total. The largest absolute Gasteiger partial charge is 0.478 e. The van der Waals surface area contributed by atoms with Crippen molar-refractivity contribution in [3.05, 3.63) is 18.7 Å². The van der Waals surface area contributed by atoms with Crippen molar-refractivity contribution in [1.29, 1.82) is 0 Å². The highest BCUT2D eigenvalue weighted by molar-refractivity contribution is 5.79. The van der Waals surface area contributed by atoms with Crippen molar-refractivity contribution in [1.82, 2.24) is 5.32 Å². The third-order valence-electron chi connectivity index (χ3n) is 0.759. The Hall–Kier alpha value is -1.52. The van der Waals surface area contributed by atoms with Crippen LogP contribution in [0.5, 0.6) is 0 Å². The average Bonchev–Trinajstić information content (AvgIpc) is 1.85. The molecule has 0 fully saturated rings. The second-order valence-corrected chi connectivity index (χ2v) is 1.69. The lowest BCUT2D eigenvalue weighted by atomic mass is 10.4. The summed E-state index contributed by atoms with van der Waals surface area (Å²) in [4.78, 5) is 19.9. The molecule has 2 amide bonds. The van der Waals surface area contributed by atoms with Crippen molar-refractivity contribution in [2.24, 2.45) is 5.73 Å². The van der Waals surface area contributed by atoms with Crippen LogP contribution in [0.1, 0.15) is 6.42 Å². The van der Waals surface area contributed by atoms with Gasteiger partial charge in [-0.3, -0.25) is 0 Å². The Morgan fingerprint density at radius 2 is 2.18 bits per heavy atom. The Labute approximate surface area is 63.9 Å². The molecule has 0 aromatic rings. The van der Waals surface area contributed by atoms with Gasteiger partial charge in [0.1, 0.15) is 0 Å². The van der Waals surface area contributed by atoms with Crippen LogP contribution >= 0.6 is 0 Å². The summed E-state index contributed by atoms with van der Waals surface area (Å²) in [5, 5.41) is 10.3. The minimum absolute atomic E-state index is 0.342. The number of aliphatic carboxylic acids is 1. The molecular weight excluding hydrogens is 148 g/mol. The van der Waals surface area contributed by atoms with E-state index in [0.717, 1.165) is 6.08 Å². The number of nitrogens with two attached hydrogens (primary N) is 1. The highest BCUT2D eigenvalue weighted by atomic mass is 16.4. The second-order valence-electron chi connectivity index (χ2n) is 1.69. The molecule has 0 rings (SSSR count). The van der Waals surface area contributed by atoms with Gasteiger partial charge in [0.05, 0.1) is 6.54 Å². The molecule has 0 spiro atoms. The van der Waals surface area contributed by atoms with Crippen LogP contribution in [0.15, 0.2) is 12.2 Å². The Kier molecular flexibility index (Phi) is 4.55. The fourth-order valence-corrected chi connectivity index (χ4v) is 0.396. The fourth-order valence-electron chi connectivity index (χ4n) is 0.396. The zero-order chi connectivity index (χ0) is 8.69. The summed E-state index contributed by atoms with van der Waals surface area (Å²) >= 11 is 0. The molecule has 0 aliphatic carbocycles. The van der Waals surface area contributed by atoms with Crippen LogP contribution in [-0.4, -0.2) is 17.1 Å². The maximum absolute atomic E-state index is 10.0. The topological polar surface area (TPSA) is 92.4 Å². The van der Waals surface area contributed by atoms with Gasteiger partial charge in [-0.2, -0.15) is 0 Å². The van der Waals surface area contributed by atoms with Gasteiger partial charge in [-0.1, -0.05) is 6.08 Å². The number of carboxylic acid groups (broad SMARTS) is 1. The van der Waals surface area contributed by atoms with Crippen molar-refractivity contribution in [2.45, 2.75) is 6.42 Å². The SMILES string of the molecule is NC(=O)N[CH]CC=CC(=O)O. The van der Waals surface area contributed by atoms with E-state index in [4.69, 9.17) is 10.8 Å². The smallest absolute Gasteiger partial charge is 0.327 e. The van der Waals surface area contributed by atoms with Crippen LogP contribution in [-0.2, 0) is 4.79 Å². The number of carbonyl (C=O) groups excluding carboxylic acids is 1. The molecule has 61 valence electrons. The van der Waals surface area contributed by atoms with Gasteiger partial charge >= 0.3 is 12.0 Å². The predicted molar refractivity (Wildman–Crippen MR) is 38.4 cm³/mol. The first kappa shape index (κ1) is 9.48.